The van der Waals surface area contributed by atoms with Crippen molar-refractivity contribution in [3.05, 3.63) is 98.8 Å². The van der Waals surface area contributed by atoms with Gasteiger partial charge in [0.05, 0.1) is 22.0 Å². The molecule has 0 radical (unpaired) electrons. The van der Waals surface area contributed by atoms with Crippen LogP contribution >= 0.6 is 0 Å². The number of hydrogen-bond donors (Lipinski definition) is 0. The number of hydrogen-bond acceptors (Lipinski definition) is 6. The van der Waals surface area contributed by atoms with Crippen LogP contribution in [0.2, 0.25) is 0 Å². The highest BCUT2D eigenvalue weighted by Gasteiger charge is 2.14. The molecule has 8 nitrogen and oxygen atoms in total. The van der Waals surface area contributed by atoms with Gasteiger partial charge in [-0.3, -0.25) is 14.9 Å². The van der Waals surface area contributed by atoms with Gasteiger partial charge in [0.15, 0.2) is 5.82 Å². The van der Waals surface area contributed by atoms with E-state index in [0.29, 0.717) is 33.6 Å². The molecule has 0 aliphatic carbocycles. The van der Waals surface area contributed by atoms with Crippen molar-refractivity contribution in [1.29, 1.82) is 0 Å². The summed E-state index contributed by atoms with van der Waals surface area (Å²) in [6.07, 6.45) is 6.58. The average molecular weight is 424 g/mol. The molecule has 0 spiro atoms. The van der Waals surface area contributed by atoms with Gasteiger partial charge in [-0.15, -0.1) is 6.42 Å². The molecule has 8 heteroatoms. The summed E-state index contributed by atoms with van der Waals surface area (Å²) in [7, 11) is 0. The van der Waals surface area contributed by atoms with Crippen molar-refractivity contribution < 1.29 is 9.66 Å². The van der Waals surface area contributed by atoms with E-state index in [2.05, 4.69) is 16.0 Å². The van der Waals surface area contributed by atoms with Gasteiger partial charge < -0.3 is 4.74 Å². The second-order valence-electron chi connectivity index (χ2n) is 6.65. The van der Waals surface area contributed by atoms with Crippen molar-refractivity contribution in [2.75, 3.05) is 6.61 Å². The Morgan fingerprint density at radius 2 is 1.88 bits per heavy atom. The number of nitro groups is 1. The maximum Gasteiger partial charge on any atom is 0.282 e. The van der Waals surface area contributed by atoms with E-state index in [4.69, 9.17) is 11.2 Å². The molecule has 0 atom stereocenters. The van der Waals surface area contributed by atoms with Gasteiger partial charge in [0, 0.05) is 23.3 Å². The first-order chi connectivity index (χ1) is 15.6. The lowest BCUT2D eigenvalue weighted by molar-refractivity contribution is -0.384. The molecule has 0 N–H and O–H groups in total. The molecule has 0 unspecified atom stereocenters. The van der Waals surface area contributed by atoms with E-state index in [-0.39, 0.29) is 17.9 Å². The van der Waals surface area contributed by atoms with E-state index in [0.717, 1.165) is 0 Å². The van der Waals surface area contributed by atoms with E-state index in [1.807, 2.05) is 30.3 Å². The van der Waals surface area contributed by atoms with E-state index in [1.165, 1.54) is 29.1 Å². The number of ether oxygens (including phenoxy) is 1. The first-order valence-corrected chi connectivity index (χ1v) is 9.55. The number of fused-ring (bicyclic) bond motifs is 1. The molecule has 0 aliphatic rings. The summed E-state index contributed by atoms with van der Waals surface area (Å²) in [6.45, 7) is -0.0224. The van der Waals surface area contributed by atoms with Crippen LogP contribution in [-0.4, -0.2) is 27.4 Å². The van der Waals surface area contributed by atoms with E-state index >= 15 is 0 Å². The molecule has 1 heterocycles. The third kappa shape index (κ3) is 4.08. The molecule has 0 bridgehead atoms. The largest absolute Gasteiger partial charge is 0.480 e. The Bertz CT molecular complexity index is 1440. The SMILES string of the molecule is C#CCOc1ccc([N+](=O)[O-])cc1C=Nn1c(-c2ccccc2)nc2ccccc2c1=O. The summed E-state index contributed by atoms with van der Waals surface area (Å²) < 4.78 is 6.64. The summed E-state index contributed by atoms with van der Waals surface area (Å²) in [4.78, 5) is 28.5. The predicted octanol–water partition coefficient (Wildman–Crippen LogP) is 3.87. The highest BCUT2D eigenvalue weighted by atomic mass is 16.6. The Morgan fingerprint density at radius 3 is 2.62 bits per heavy atom. The average Bonchev–Trinajstić information content (AvgIpc) is 2.82. The van der Waals surface area contributed by atoms with Gasteiger partial charge in [0.2, 0.25) is 0 Å². The van der Waals surface area contributed by atoms with Crippen molar-refractivity contribution in [2.24, 2.45) is 5.10 Å². The number of benzene rings is 3. The van der Waals surface area contributed by atoms with Gasteiger partial charge in [-0.1, -0.05) is 48.4 Å². The number of rotatable bonds is 6. The van der Waals surface area contributed by atoms with Crippen LogP contribution in [0.4, 0.5) is 5.69 Å². The lowest BCUT2D eigenvalue weighted by Crippen LogP contribution is -2.20. The second-order valence-corrected chi connectivity index (χ2v) is 6.65. The third-order valence-corrected chi connectivity index (χ3v) is 4.61. The second kappa shape index (κ2) is 8.93. The minimum absolute atomic E-state index is 0.0224. The predicted molar refractivity (Wildman–Crippen MR) is 122 cm³/mol. The fraction of sp³-hybridized carbons (Fsp3) is 0.0417. The molecule has 0 aliphatic heterocycles. The highest BCUT2D eigenvalue weighted by Crippen LogP contribution is 2.24. The van der Waals surface area contributed by atoms with Crippen LogP contribution in [0, 0.1) is 22.5 Å². The van der Waals surface area contributed by atoms with Crippen molar-refractivity contribution in [2.45, 2.75) is 0 Å². The lowest BCUT2D eigenvalue weighted by atomic mass is 10.2. The lowest BCUT2D eigenvalue weighted by Gasteiger charge is -2.10. The van der Waals surface area contributed by atoms with Crippen LogP contribution in [0.1, 0.15) is 5.56 Å². The van der Waals surface area contributed by atoms with Crippen LogP contribution in [0.25, 0.3) is 22.3 Å². The summed E-state index contributed by atoms with van der Waals surface area (Å²) in [5, 5.41) is 15.9. The molecular weight excluding hydrogens is 408 g/mol. The van der Waals surface area contributed by atoms with Gasteiger partial charge in [-0.05, 0) is 18.2 Å². The zero-order chi connectivity index (χ0) is 22.5. The van der Waals surface area contributed by atoms with Crippen LogP contribution < -0.4 is 10.3 Å². The van der Waals surface area contributed by atoms with Crippen molar-refractivity contribution >= 4 is 22.8 Å². The number of aromatic nitrogens is 2. The van der Waals surface area contributed by atoms with Crippen LogP contribution in [0.3, 0.4) is 0 Å². The topological polar surface area (TPSA) is 99.6 Å². The Balaban J connectivity index is 1.90. The summed E-state index contributed by atoms with van der Waals surface area (Å²) in [6, 6.07) is 20.2. The minimum atomic E-state index is -0.526. The molecular formula is C24H16N4O4. The molecule has 0 saturated carbocycles. The van der Waals surface area contributed by atoms with E-state index in [9.17, 15) is 14.9 Å². The Morgan fingerprint density at radius 1 is 1.12 bits per heavy atom. The molecule has 0 amide bonds. The molecule has 0 fully saturated rings. The Kier molecular flexibility index (Phi) is 5.72. The summed E-state index contributed by atoms with van der Waals surface area (Å²) in [5.41, 5.74) is 1.01. The molecule has 1 aromatic heterocycles. The first-order valence-electron chi connectivity index (χ1n) is 9.55. The fourth-order valence-electron chi connectivity index (χ4n) is 3.13. The van der Waals surface area contributed by atoms with E-state index < -0.39 is 4.92 Å². The quantitative estimate of drug-likeness (QED) is 0.202. The van der Waals surface area contributed by atoms with Crippen LogP contribution in [0.5, 0.6) is 5.75 Å². The number of nitro benzene ring substituents is 1. The molecule has 4 aromatic rings. The number of nitrogens with zero attached hydrogens (tertiary/aromatic N) is 4. The van der Waals surface area contributed by atoms with Gasteiger partial charge in [-0.2, -0.15) is 9.78 Å². The van der Waals surface area contributed by atoms with Crippen LogP contribution in [0.15, 0.2) is 82.7 Å². The van der Waals surface area contributed by atoms with Crippen LogP contribution in [-0.2, 0) is 0 Å². The maximum atomic E-state index is 13.2. The smallest absolute Gasteiger partial charge is 0.282 e. The van der Waals surface area contributed by atoms with Crippen molar-refractivity contribution in [1.82, 2.24) is 9.66 Å². The summed E-state index contributed by atoms with van der Waals surface area (Å²) in [5.74, 6) is 2.99. The highest BCUT2D eigenvalue weighted by molar-refractivity contribution is 5.85. The Labute approximate surface area is 182 Å². The van der Waals surface area contributed by atoms with Gasteiger partial charge in [0.1, 0.15) is 12.4 Å². The molecule has 156 valence electrons. The number of para-hydroxylation sites is 1. The molecule has 32 heavy (non-hydrogen) atoms. The third-order valence-electron chi connectivity index (χ3n) is 4.61. The zero-order valence-corrected chi connectivity index (χ0v) is 16.7. The normalized spacial score (nSPS) is 10.8. The Hall–Kier alpha value is -4.77. The summed E-state index contributed by atoms with van der Waals surface area (Å²) >= 11 is 0. The standard InChI is InChI=1S/C24H16N4O4/c1-2-14-32-22-13-12-19(28(30)31)15-18(22)16-25-27-23(17-8-4-3-5-9-17)26-21-11-7-6-10-20(21)24(27)29/h1,3-13,15-16H,14H2. The van der Waals surface area contributed by atoms with E-state index in [1.54, 1.807) is 24.3 Å². The monoisotopic (exact) mass is 424 g/mol. The zero-order valence-electron chi connectivity index (χ0n) is 16.7. The molecule has 0 saturated heterocycles. The van der Waals surface area contributed by atoms with Gasteiger partial charge in [-0.25, -0.2) is 4.98 Å². The van der Waals surface area contributed by atoms with Crippen molar-refractivity contribution in [3.8, 4) is 29.5 Å². The molecule has 4 rings (SSSR count). The minimum Gasteiger partial charge on any atom is -0.480 e. The van der Waals surface area contributed by atoms with Crippen molar-refractivity contribution in [3.63, 3.8) is 0 Å². The molecule has 3 aromatic carbocycles. The first kappa shape index (κ1) is 20.5. The number of terminal acetylenes is 1. The number of non-ortho nitro benzene ring substituents is 1. The maximum absolute atomic E-state index is 13.2. The fourth-order valence-corrected chi connectivity index (χ4v) is 3.13. The van der Waals surface area contributed by atoms with Gasteiger partial charge in [0.25, 0.3) is 11.2 Å². The van der Waals surface area contributed by atoms with Gasteiger partial charge >= 0.3 is 0 Å².